The largest absolute Gasteiger partial charge is 0.154 e. The second-order valence-corrected chi connectivity index (χ2v) is 4.53. The van der Waals surface area contributed by atoms with Crippen LogP contribution in [0.4, 0.5) is 0 Å². The smallest absolute Gasteiger partial charge is 0.0255 e. The first-order valence-electron chi connectivity index (χ1n) is 4.25. The number of allylic oxidation sites excluding steroid dienone is 1. The predicted octanol–water partition coefficient (Wildman–Crippen LogP) is 2.85. The minimum absolute atomic E-state index is 0.891. The van der Waals surface area contributed by atoms with Gasteiger partial charge in [0, 0.05) is 5.25 Å². The molecule has 0 bridgehead atoms. The first-order valence-corrected chi connectivity index (χ1v) is 5.30. The van der Waals surface area contributed by atoms with Gasteiger partial charge in [-0.2, -0.15) is 11.8 Å². The third-order valence-corrected chi connectivity index (χ3v) is 3.98. The van der Waals surface area contributed by atoms with Crippen molar-refractivity contribution >= 4 is 11.8 Å². The van der Waals surface area contributed by atoms with Crippen LogP contribution < -0.4 is 0 Å². The van der Waals surface area contributed by atoms with E-state index in [1.54, 1.807) is 0 Å². The van der Waals surface area contributed by atoms with Crippen LogP contribution in [0.25, 0.3) is 0 Å². The molecule has 1 heteroatoms. The summed E-state index contributed by atoms with van der Waals surface area (Å²) in [6.07, 6.45) is 10.5. The normalized spacial score (nSPS) is 39.2. The zero-order chi connectivity index (χ0) is 6.81. The lowest BCUT2D eigenvalue weighted by Crippen LogP contribution is -2.22. The maximum atomic E-state index is 2.43. The summed E-state index contributed by atoms with van der Waals surface area (Å²) in [5, 5.41) is 0.891. The number of hydrogen-bond donors (Lipinski definition) is 0. The highest BCUT2D eigenvalue weighted by molar-refractivity contribution is 8.00. The molecule has 2 atom stereocenters. The molecule has 0 aromatic rings. The lowest BCUT2D eigenvalue weighted by atomic mass is 9.90. The van der Waals surface area contributed by atoms with E-state index >= 15 is 0 Å². The van der Waals surface area contributed by atoms with Gasteiger partial charge in [0.2, 0.25) is 0 Å². The second kappa shape index (κ2) is 3.00. The number of fused-ring (bicyclic) bond motifs is 1. The molecule has 1 saturated heterocycles. The van der Waals surface area contributed by atoms with Crippen LogP contribution in [0.1, 0.15) is 25.7 Å². The van der Waals surface area contributed by atoms with Crippen molar-refractivity contribution in [3.05, 3.63) is 12.2 Å². The first-order chi connectivity index (χ1) is 4.97. The van der Waals surface area contributed by atoms with E-state index in [0.717, 1.165) is 11.2 Å². The Morgan fingerprint density at radius 1 is 1.30 bits per heavy atom. The van der Waals surface area contributed by atoms with Crippen molar-refractivity contribution in [3.8, 4) is 0 Å². The van der Waals surface area contributed by atoms with Gasteiger partial charge in [-0.3, -0.25) is 0 Å². The molecule has 1 fully saturated rings. The molecule has 1 heterocycles. The van der Waals surface area contributed by atoms with Crippen LogP contribution in [0.15, 0.2) is 12.2 Å². The van der Waals surface area contributed by atoms with Gasteiger partial charge in [0.1, 0.15) is 0 Å². The molecule has 0 aromatic heterocycles. The lowest BCUT2D eigenvalue weighted by Gasteiger charge is -2.31. The van der Waals surface area contributed by atoms with Gasteiger partial charge in [-0.05, 0) is 37.4 Å². The fourth-order valence-electron chi connectivity index (χ4n) is 1.93. The van der Waals surface area contributed by atoms with Crippen molar-refractivity contribution in [3.63, 3.8) is 0 Å². The SMILES string of the molecule is C1=C[C@H]2SCCC[C@H]2CC1. The van der Waals surface area contributed by atoms with E-state index in [2.05, 4.69) is 23.9 Å². The number of hydrogen-bond acceptors (Lipinski definition) is 1. The van der Waals surface area contributed by atoms with Crippen LogP contribution >= 0.6 is 11.8 Å². The minimum Gasteiger partial charge on any atom is -0.154 e. The van der Waals surface area contributed by atoms with Crippen molar-refractivity contribution in [2.45, 2.75) is 30.9 Å². The van der Waals surface area contributed by atoms with Gasteiger partial charge < -0.3 is 0 Å². The molecule has 0 N–H and O–H groups in total. The van der Waals surface area contributed by atoms with Crippen molar-refractivity contribution in [2.24, 2.45) is 5.92 Å². The second-order valence-electron chi connectivity index (χ2n) is 3.24. The molecule has 0 radical (unpaired) electrons. The molecule has 56 valence electrons. The Morgan fingerprint density at radius 3 is 3.20 bits per heavy atom. The van der Waals surface area contributed by atoms with E-state index < -0.39 is 0 Å². The van der Waals surface area contributed by atoms with E-state index in [1.807, 2.05) is 0 Å². The summed E-state index contributed by atoms with van der Waals surface area (Å²) in [4.78, 5) is 0. The predicted molar refractivity (Wildman–Crippen MR) is 47.3 cm³/mol. The third kappa shape index (κ3) is 1.24. The van der Waals surface area contributed by atoms with Crippen LogP contribution in [-0.4, -0.2) is 11.0 Å². The average molecular weight is 154 g/mol. The molecule has 1 aliphatic carbocycles. The Balaban J connectivity index is 2.03. The van der Waals surface area contributed by atoms with Gasteiger partial charge in [0.25, 0.3) is 0 Å². The number of thioether (sulfide) groups is 1. The Hall–Kier alpha value is 0.0900. The topological polar surface area (TPSA) is 0 Å². The number of rotatable bonds is 0. The van der Waals surface area contributed by atoms with E-state index in [0.29, 0.717) is 0 Å². The Labute approximate surface area is 67.1 Å². The molecule has 0 unspecified atom stereocenters. The van der Waals surface area contributed by atoms with Crippen molar-refractivity contribution in [2.75, 3.05) is 5.75 Å². The fraction of sp³-hybridized carbons (Fsp3) is 0.778. The summed E-state index contributed by atoms with van der Waals surface area (Å²) in [6.45, 7) is 0. The molecule has 10 heavy (non-hydrogen) atoms. The van der Waals surface area contributed by atoms with Crippen LogP contribution in [0, 0.1) is 5.92 Å². The Bertz CT molecular complexity index is 140. The Morgan fingerprint density at radius 2 is 2.30 bits per heavy atom. The summed E-state index contributed by atoms with van der Waals surface area (Å²) in [7, 11) is 0. The van der Waals surface area contributed by atoms with Gasteiger partial charge in [-0.15, -0.1) is 0 Å². The monoisotopic (exact) mass is 154 g/mol. The van der Waals surface area contributed by atoms with E-state index in [1.165, 1.54) is 31.4 Å². The highest BCUT2D eigenvalue weighted by atomic mass is 32.2. The van der Waals surface area contributed by atoms with Crippen molar-refractivity contribution < 1.29 is 0 Å². The van der Waals surface area contributed by atoms with Gasteiger partial charge in [0.15, 0.2) is 0 Å². The first kappa shape index (κ1) is 6.78. The summed E-state index contributed by atoms with van der Waals surface area (Å²) in [5.41, 5.74) is 0. The summed E-state index contributed by atoms with van der Waals surface area (Å²) < 4.78 is 0. The molecule has 0 nitrogen and oxygen atoms in total. The van der Waals surface area contributed by atoms with Gasteiger partial charge in [0.05, 0.1) is 0 Å². The van der Waals surface area contributed by atoms with Crippen molar-refractivity contribution in [1.82, 2.24) is 0 Å². The van der Waals surface area contributed by atoms with Crippen LogP contribution in [-0.2, 0) is 0 Å². The Kier molecular flexibility index (Phi) is 2.03. The van der Waals surface area contributed by atoms with E-state index in [-0.39, 0.29) is 0 Å². The van der Waals surface area contributed by atoms with Crippen LogP contribution in [0.5, 0.6) is 0 Å². The van der Waals surface area contributed by atoms with Gasteiger partial charge in [-0.1, -0.05) is 12.2 Å². The van der Waals surface area contributed by atoms with Gasteiger partial charge >= 0.3 is 0 Å². The molecule has 2 rings (SSSR count). The average Bonchev–Trinajstić information content (AvgIpc) is 2.05. The summed E-state index contributed by atoms with van der Waals surface area (Å²) >= 11 is 2.16. The van der Waals surface area contributed by atoms with E-state index in [4.69, 9.17) is 0 Å². The van der Waals surface area contributed by atoms with Crippen LogP contribution in [0.3, 0.4) is 0 Å². The molecule has 2 aliphatic rings. The van der Waals surface area contributed by atoms with E-state index in [9.17, 15) is 0 Å². The fourth-order valence-corrected chi connectivity index (χ4v) is 3.30. The maximum Gasteiger partial charge on any atom is 0.0255 e. The zero-order valence-electron chi connectivity index (χ0n) is 6.25. The lowest BCUT2D eigenvalue weighted by molar-refractivity contribution is 0.440. The molecule has 0 amide bonds. The van der Waals surface area contributed by atoms with Gasteiger partial charge in [-0.25, -0.2) is 0 Å². The summed E-state index contributed by atoms with van der Waals surface area (Å²) in [5.74, 6) is 2.43. The molecule has 0 saturated carbocycles. The minimum atomic E-state index is 0.891. The standard InChI is InChI=1S/C9H14S/c1-2-6-9-8(4-1)5-3-7-10-9/h2,6,8-9H,1,3-5,7H2/t8-,9-/m1/s1. The molecular weight excluding hydrogens is 140 g/mol. The maximum absolute atomic E-state index is 2.43. The highest BCUT2D eigenvalue weighted by Crippen LogP contribution is 2.36. The zero-order valence-corrected chi connectivity index (χ0v) is 7.07. The molecule has 1 aliphatic heterocycles. The van der Waals surface area contributed by atoms with Crippen LogP contribution in [0.2, 0.25) is 0 Å². The van der Waals surface area contributed by atoms with Crippen molar-refractivity contribution in [1.29, 1.82) is 0 Å². The molecule has 0 spiro atoms. The molecule has 0 aromatic carbocycles. The molecular formula is C9H14S. The third-order valence-electron chi connectivity index (χ3n) is 2.52. The highest BCUT2D eigenvalue weighted by Gasteiger charge is 2.24. The quantitative estimate of drug-likeness (QED) is 0.483. The summed E-state index contributed by atoms with van der Waals surface area (Å²) in [6, 6.07) is 0.